The van der Waals surface area contributed by atoms with Crippen molar-refractivity contribution in [3.8, 4) is 23.0 Å². The lowest BCUT2D eigenvalue weighted by Crippen LogP contribution is -2.50. The van der Waals surface area contributed by atoms with Crippen molar-refractivity contribution in [1.29, 1.82) is 0 Å². The van der Waals surface area contributed by atoms with Gasteiger partial charge in [-0.2, -0.15) is 0 Å². The van der Waals surface area contributed by atoms with Crippen LogP contribution in [0.1, 0.15) is 126 Å². The maximum Gasteiger partial charge on any atom is 0.334 e. The summed E-state index contributed by atoms with van der Waals surface area (Å²) in [6, 6.07) is 14.9. The van der Waals surface area contributed by atoms with E-state index in [1.165, 1.54) is 20.3 Å². The summed E-state index contributed by atoms with van der Waals surface area (Å²) in [7, 11) is 2.89. The number of aliphatic carboxylic acids is 1. The highest BCUT2D eigenvalue weighted by Crippen LogP contribution is 2.30. The van der Waals surface area contributed by atoms with Crippen LogP contribution in [0.5, 0.6) is 23.0 Å². The Kier molecular flexibility index (Phi) is 28.3. The molecule has 10 N–H and O–H groups in total. The monoisotopic (exact) mass is 1010 g/mol. The first-order valence-corrected chi connectivity index (χ1v) is 25.5. The summed E-state index contributed by atoms with van der Waals surface area (Å²) < 4.78 is 22.0. The fourth-order valence-electron chi connectivity index (χ4n) is 7.63. The molecular weight excluding hydrogens is 933 g/mol. The number of ether oxygens (including phenoxy) is 4. The predicted octanol–water partition coefficient (Wildman–Crippen LogP) is 6.89. The summed E-state index contributed by atoms with van der Waals surface area (Å²) in [4.78, 5) is 75.1. The number of hydrogen-bond donors (Lipinski definition) is 7. The summed E-state index contributed by atoms with van der Waals surface area (Å²) in [5.74, 6) is -1.43. The third-order valence-corrected chi connectivity index (χ3v) is 11.8. The lowest BCUT2D eigenvalue weighted by molar-refractivity contribution is -0.140. The molecule has 4 atom stereocenters. The summed E-state index contributed by atoms with van der Waals surface area (Å²) in [5, 5.41) is 17.5. The van der Waals surface area contributed by atoms with Gasteiger partial charge in [0.15, 0.2) is 23.0 Å². The van der Waals surface area contributed by atoms with E-state index in [2.05, 4.69) is 61.0 Å². The number of nitrogens with one attached hydrogen (secondary N) is 3. The first-order chi connectivity index (χ1) is 35.0. The average molecular weight is 1010 g/mol. The maximum atomic E-state index is 13.6. The largest absolute Gasteiger partial charge is 0.493 e. The second-order valence-corrected chi connectivity index (χ2v) is 18.7. The van der Waals surface area contributed by atoms with E-state index in [-0.39, 0.29) is 60.8 Å². The van der Waals surface area contributed by atoms with Crippen LogP contribution >= 0.6 is 0 Å². The number of carbonyl (C=O) groups is 6. The minimum Gasteiger partial charge on any atom is -0.493 e. The Morgan fingerprint density at radius 2 is 1.15 bits per heavy atom. The average Bonchev–Trinajstić information content (AvgIpc) is 3.36. The van der Waals surface area contributed by atoms with Crippen molar-refractivity contribution < 1.29 is 52.8 Å². The summed E-state index contributed by atoms with van der Waals surface area (Å²) in [6.07, 6.45) is 16.7. The van der Waals surface area contributed by atoms with Crippen molar-refractivity contribution in [2.45, 2.75) is 148 Å². The number of allylic oxidation sites excluding steroid dienone is 4. The highest BCUT2D eigenvalue weighted by molar-refractivity contribution is 5.88. The molecule has 400 valence electrons. The molecule has 17 heteroatoms. The minimum absolute atomic E-state index is 0.0387. The second-order valence-electron chi connectivity index (χ2n) is 18.7. The number of amides is 3. The molecule has 0 aromatic heterocycles. The zero-order valence-corrected chi connectivity index (χ0v) is 43.5. The zero-order valence-electron chi connectivity index (χ0n) is 43.5. The molecule has 0 heterocycles. The van der Waals surface area contributed by atoms with Crippen molar-refractivity contribution in [3.05, 3.63) is 107 Å². The van der Waals surface area contributed by atoms with Gasteiger partial charge in [-0.05, 0) is 142 Å². The van der Waals surface area contributed by atoms with Gasteiger partial charge in [0.05, 0.1) is 20.3 Å². The molecule has 17 nitrogen and oxygen atoms in total. The molecule has 3 rings (SSSR count). The third-order valence-electron chi connectivity index (χ3n) is 11.8. The topological polar surface area (TPSA) is 274 Å². The van der Waals surface area contributed by atoms with Crippen LogP contribution in [0.15, 0.2) is 85.0 Å². The molecule has 0 radical (unpaired) electrons. The number of carboxylic acids is 1. The van der Waals surface area contributed by atoms with Gasteiger partial charge in [0.1, 0.15) is 12.1 Å². The Morgan fingerprint density at radius 3 is 1.68 bits per heavy atom. The Labute approximate surface area is 431 Å². The van der Waals surface area contributed by atoms with E-state index < -0.39 is 41.9 Å². The van der Waals surface area contributed by atoms with Gasteiger partial charge in [-0.3, -0.25) is 19.2 Å². The van der Waals surface area contributed by atoms with Crippen molar-refractivity contribution in [2.75, 3.05) is 20.8 Å². The maximum absolute atomic E-state index is 13.6. The fraction of sp³-hybridized carbons (Fsp3) is 0.500. The van der Waals surface area contributed by atoms with Crippen LogP contribution in [0.25, 0.3) is 0 Å². The molecule has 3 aromatic carbocycles. The number of rotatable bonds is 35. The predicted molar refractivity (Wildman–Crippen MR) is 282 cm³/mol. The zero-order chi connectivity index (χ0) is 53.5. The van der Waals surface area contributed by atoms with E-state index >= 15 is 0 Å². The molecule has 0 aliphatic heterocycles. The Hall–Kier alpha value is -6.56. The number of nitrogens with two attached hydrogens (primary N) is 3. The van der Waals surface area contributed by atoms with E-state index in [4.69, 9.17) is 41.3 Å². The fourth-order valence-corrected chi connectivity index (χ4v) is 7.63. The molecule has 0 saturated carbocycles. The normalized spacial score (nSPS) is 13.0. The SMILES string of the molecule is COc1cc(CNC(=O)CCCC/C=C/C(C)C)ccc1OC(=O)[C@H](CCCCN)NC(=O)[C@@H](N)Cc1cccc(CC(C)/C=C/CCCCC(=O)NCc2ccc(OC(=O)[C@@H](N)CCC(=O)O)c(OC)c2)c1. The lowest BCUT2D eigenvalue weighted by Gasteiger charge is -2.21. The van der Waals surface area contributed by atoms with Gasteiger partial charge in [0, 0.05) is 32.4 Å². The van der Waals surface area contributed by atoms with Crippen LogP contribution in [0, 0.1) is 11.8 Å². The third kappa shape index (κ3) is 24.6. The van der Waals surface area contributed by atoms with Crippen molar-refractivity contribution in [1.82, 2.24) is 16.0 Å². The van der Waals surface area contributed by atoms with Crippen LogP contribution in [0.4, 0.5) is 0 Å². The molecule has 0 bridgehead atoms. The number of unbranched alkanes of at least 4 members (excludes halogenated alkanes) is 5. The van der Waals surface area contributed by atoms with Crippen LogP contribution in [-0.2, 0) is 54.7 Å². The number of esters is 2. The van der Waals surface area contributed by atoms with Crippen molar-refractivity contribution in [2.24, 2.45) is 29.0 Å². The molecule has 0 saturated heterocycles. The van der Waals surface area contributed by atoms with Crippen LogP contribution in [0.3, 0.4) is 0 Å². The first-order valence-electron chi connectivity index (χ1n) is 25.5. The standard InChI is InChI=1S/C56H80N6O11/c1-38(2)17-10-6-8-12-22-51(63)61-37-43-25-28-48(50(35-43)71-5)73-56(69)46(21-14-15-30-57)62-54(67)45(59)33-41-20-16-19-40(32-41)31-39(3)18-11-7-9-13-23-52(64)60-36-42-24-27-47(49(34-42)70-4)72-55(68)44(58)26-29-53(65)66/h10-11,16-20,24-25,27-28,32,34-35,38-39,44-46H,6-9,12-15,21-23,26,29-31,33,36-37,57-59H2,1-5H3,(H,60,64)(H,61,63)(H,62,67)(H,65,66)/b17-10+,18-11+/t39?,44-,45-,46-/m0/s1. The molecule has 3 aromatic rings. The summed E-state index contributed by atoms with van der Waals surface area (Å²) >= 11 is 0. The van der Waals surface area contributed by atoms with Crippen molar-refractivity contribution >= 4 is 35.6 Å². The summed E-state index contributed by atoms with van der Waals surface area (Å²) in [5.41, 5.74) is 21.4. The molecule has 0 aliphatic rings. The van der Waals surface area contributed by atoms with E-state index in [1.54, 1.807) is 30.3 Å². The van der Waals surface area contributed by atoms with Gasteiger partial charge >= 0.3 is 17.9 Å². The van der Waals surface area contributed by atoms with Gasteiger partial charge in [-0.15, -0.1) is 0 Å². The van der Waals surface area contributed by atoms with Gasteiger partial charge < -0.3 is 57.2 Å². The smallest absolute Gasteiger partial charge is 0.334 e. The van der Waals surface area contributed by atoms with Gasteiger partial charge in [0.2, 0.25) is 17.7 Å². The number of benzene rings is 3. The first kappa shape index (κ1) is 60.7. The Bertz CT molecular complexity index is 2280. The molecule has 0 spiro atoms. The highest BCUT2D eigenvalue weighted by Gasteiger charge is 2.27. The molecular formula is C56H80N6O11. The van der Waals surface area contributed by atoms with E-state index in [1.807, 2.05) is 24.3 Å². The quantitative estimate of drug-likeness (QED) is 0.0137. The minimum atomic E-state index is -1.09. The summed E-state index contributed by atoms with van der Waals surface area (Å²) in [6.45, 7) is 7.37. The van der Waals surface area contributed by atoms with Crippen LogP contribution in [0.2, 0.25) is 0 Å². The molecule has 0 fully saturated rings. The van der Waals surface area contributed by atoms with Crippen LogP contribution in [-0.4, -0.2) is 79.6 Å². The number of carboxylic acid groups (broad SMARTS) is 1. The Balaban J connectivity index is 1.43. The highest BCUT2D eigenvalue weighted by atomic mass is 16.6. The number of carbonyl (C=O) groups excluding carboxylic acids is 5. The Morgan fingerprint density at radius 1 is 0.603 bits per heavy atom. The van der Waals surface area contributed by atoms with E-state index in [9.17, 15) is 28.8 Å². The van der Waals surface area contributed by atoms with E-state index in [0.717, 1.165) is 60.8 Å². The molecule has 1 unspecified atom stereocenters. The number of hydrogen-bond acceptors (Lipinski definition) is 13. The second kappa shape index (κ2) is 34.0. The molecule has 73 heavy (non-hydrogen) atoms. The van der Waals surface area contributed by atoms with Gasteiger partial charge in [-0.25, -0.2) is 9.59 Å². The van der Waals surface area contributed by atoms with Crippen molar-refractivity contribution in [3.63, 3.8) is 0 Å². The van der Waals surface area contributed by atoms with E-state index in [0.29, 0.717) is 63.3 Å². The van der Waals surface area contributed by atoms with Gasteiger partial charge in [0.25, 0.3) is 0 Å². The molecule has 3 amide bonds. The number of methoxy groups -OCH3 is 2. The lowest BCUT2D eigenvalue weighted by atomic mass is 9.96. The van der Waals surface area contributed by atoms with Gasteiger partial charge in [-0.1, -0.05) is 81.5 Å². The van der Waals surface area contributed by atoms with Crippen LogP contribution < -0.4 is 52.1 Å². The molecule has 0 aliphatic carbocycles.